The first-order valence-electron chi connectivity index (χ1n) is 6.70. The van der Waals surface area contributed by atoms with Crippen molar-refractivity contribution in [2.75, 3.05) is 13.2 Å². The predicted octanol–water partition coefficient (Wildman–Crippen LogP) is 3.81. The zero-order valence-electron chi connectivity index (χ0n) is 11.0. The monoisotopic (exact) mass is 274 g/mol. The molecule has 1 fully saturated rings. The zero-order valence-corrected chi connectivity index (χ0v) is 11.8. The highest BCUT2D eigenvalue weighted by Crippen LogP contribution is 2.31. The van der Waals surface area contributed by atoms with Gasteiger partial charge in [0.05, 0.1) is 12.3 Å². The first-order chi connectivity index (χ1) is 9.27. The number of ether oxygens (including phenoxy) is 1. The summed E-state index contributed by atoms with van der Waals surface area (Å²) >= 11 is 5.45. The Balaban J connectivity index is 2.01. The van der Waals surface area contributed by atoms with Crippen LogP contribution >= 0.6 is 12.2 Å². The van der Waals surface area contributed by atoms with Crippen molar-refractivity contribution in [1.29, 1.82) is 0 Å². The summed E-state index contributed by atoms with van der Waals surface area (Å²) in [6.45, 7) is 3.94. The molecule has 1 aliphatic rings. The number of aromatic nitrogens is 2. The molecule has 1 N–H and O–H groups in total. The van der Waals surface area contributed by atoms with Gasteiger partial charge in [-0.1, -0.05) is 30.3 Å². The molecule has 0 amide bonds. The van der Waals surface area contributed by atoms with Gasteiger partial charge in [0.2, 0.25) is 0 Å². The van der Waals surface area contributed by atoms with Crippen LogP contribution in [0, 0.1) is 10.7 Å². The second-order valence-corrected chi connectivity index (χ2v) is 5.47. The lowest BCUT2D eigenvalue weighted by Crippen LogP contribution is -2.17. The molecular weight excluding hydrogens is 256 g/mol. The van der Waals surface area contributed by atoms with Gasteiger partial charge >= 0.3 is 0 Å². The van der Waals surface area contributed by atoms with E-state index in [9.17, 15) is 0 Å². The molecule has 3 rings (SSSR count). The maximum atomic E-state index is 5.50. The average Bonchev–Trinajstić information content (AvgIpc) is 3.08. The minimum Gasteiger partial charge on any atom is -0.381 e. The van der Waals surface area contributed by atoms with Gasteiger partial charge in [-0.15, -0.1) is 0 Å². The van der Waals surface area contributed by atoms with Crippen LogP contribution in [-0.2, 0) is 4.74 Å². The molecule has 0 radical (unpaired) electrons. The molecule has 1 aliphatic heterocycles. The second-order valence-electron chi connectivity index (χ2n) is 5.08. The minimum absolute atomic E-state index is 0.358. The van der Waals surface area contributed by atoms with Crippen molar-refractivity contribution in [3.05, 3.63) is 41.3 Å². The molecule has 2 heterocycles. The molecule has 1 aromatic heterocycles. The third-order valence-corrected chi connectivity index (χ3v) is 4.25. The standard InChI is InChI=1S/C15H18N2OS/c1-11(13-7-8-18-10-13)17-14(9-16-15(17)19)12-5-3-2-4-6-12/h2-6,9,11,13H,7-8,10H2,1H3,(H,16,19). The van der Waals surface area contributed by atoms with Gasteiger partial charge in [-0.25, -0.2) is 0 Å². The topological polar surface area (TPSA) is 29.9 Å². The summed E-state index contributed by atoms with van der Waals surface area (Å²) in [5.41, 5.74) is 2.35. The normalized spacial score (nSPS) is 20.6. The van der Waals surface area contributed by atoms with Gasteiger partial charge in [0.1, 0.15) is 0 Å². The number of hydrogen-bond acceptors (Lipinski definition) is 2. The van der Waals surface area contributed by atoms with Gasteiger partial charge in [-0.2, -0.15) is 0 Å². The van der Waals surface area contributed by atoms with E-state index in [2.05, 4.69) is 40.7 Å². The van der Waals surface area contributed by atoms with E-state index in [1.54, 1.807) is 0 Å². The van der Waals surface area contributed by atoms with E-state index in [1.807, 2.05) is 12.3 Å². The molecule has 0 bridgehead atoms. The fourth-order valence-electron chi connectivity index (χ4n) is 2.76. The largest absolute Gasteiger partial charge is 0.381 e. The zero-order chi connectivity index (χ0) is 13.2. The quantitative estimate of drug-likeness (QED) is 0.863. The van der Waals surface area contributed by atoms with E-state index < -0.39 is 0 Å². The van der Waals surface area contributed by atoms with Crippen molar-refractivity contribution in [1.82, 2.24) is 9.55 Å². The van der Waals surface area contributed by atoms with E-state index in [0.29, 0.717) is 12.0 Å². The summed E-state index contributed by atoms with van der Waals surface area (Å²) in [5.74, 6) is 0.546. The number of rotatable bonds is 3. The molecule has 2 aromatic rings. The van der Waals surface area contributed by atoms with Gasteiger partial charge in [-0.05, 0) is 31.1 Å². The van der Waals surface area contributed by atoms with Crippen LogP contribution in [0.4, 0.5) is 0 Å². The van der Waals surface area contributed by atoms with Crippen LogP contribution in [0.2, 0.25) is 0 Å². The maximum absolute atomic E-state index is 5.50. The smallest absolute Gasteiger partial charge is 0.177 e. The minimum atomic E-state index is 0.358. The van der Waals surface area contributed by atoms with E-state index in [1.165, 1.54) is 5.56 Å². The molecule has 1 saturated heterocycles. The van der Waals surface area contributed by atoms with E-state index >= 15 is 0 Å². The predicted molar refractivity (Wildman–Crippen MR) is 78.7 cm³/mol. The maximum Gasteiger partial charge on any atom is 0.177 e. The molecule has 100 valence electrons. The number of imidazole rings is 1. The molecule has 2 unspecified atom stereocenters. The van der Waals surface area contributed by atoms with Crippen LogP contribution in [0.3, 0.4) is 0 Å². The Morgan fingerprint density at radius 1 is 1.37 bits per heavy atom. The number of nitrogens with one attached hydrogen (secondary N) is 1. The highest BCUT2D eigenvalue weighted by atomic mass is 32.1. The summed E-state index contributed by atoms with van der Waals surface area (Å²) in [5, 5.41) is 0. The summed E-state index contributed by atoms with van der Waals surface area (Å²) in [6, 6.07) is 10.7. The molecule has 4 heteroatoms. The lowest BCUT2D eigenvalue weighted by Gasteiger charge is -2.21. The number of H-pyrrole nitrogens is 1. The number of benzene rings is 1. The number of hydrogen-bond donors (Lipinski definition) is 1. The van der Waals surface area contributed by atoms with Crippen LogP contribution in [0.25, 0.3) is 11.3 Å². The lowest BCUT2D eigenvalue weighted by atomic mass is 10.00. The summed E-state index contributed by atoms with van der Waals surface area (Å²) < 4.78 is 8.52. The van der Waals surface area contributed by atoms with Crippen molar-refractivity contribution >= 4 is 12.2 Å². The Morgan fingerprint density at radius 2 is 2.16 bits per heavy atom. The number of nitrogens with zero attached hydrogens (tertiary/aromatic N) is 1. The molecule has 0 aliphatic carbocycles. The van der Waals surface area contributed by atoms with Crippen LogP contribution in [0.5, 0.6) is 0 Å². The van der Waals surface area contributed by atoms with Crippen molar-refractivity contribution in [2.45, 2.75) is 19.4 Å². The van der Waals surface area contributed by atoms with Crippen LogP contribution < -0.4 is 0 Å². The first-order valence-corrected chi connectivity index (χ1v) is 7.11. The molecular formula is C15H18N2OS. The van der Waals surface area contributed by atoms with Gasteiger partial charge < -0.3 is 14.3 Å². The molecule has 0 spiro atoms. The second kappa shape index (κ2) is 5.31. The van der Waals surface area contributed by atoms with Crippen molar-refractivity contribution in [3.63, 3.8) is 0 Å². The Kier molecular flexibility index (Phi) is 3.53. The average molecular weight is 274 g/mol. The van der Waals surface area contributed by atoms with Gasteiger partial charge in [0.25, 0.3) is 0 Å². The molecule has 2 atom stereocenters. The van der Waals surface area contributed by atoms with Crippen molar-refractivity contribution in [2.24, 2.45) is 5.92 Å². The lowest BCUT2D eigenvalue weighted by molar-refractivity contribution is 0.175. The first kappa shape index (κ1) is 12.6. The highest BCUT2D eigenvalue weighted by Gasteiger charge is 2.25. The van der Waals surface area contributed by atoms with Crippen LogP contribution in [-0.4, -0.2) is 22.8 Å². The molecule has 19 heavy (non-hydrogen) atoms. The fourth-order valence-corrected chi connectivity index (χ4v) is 3.08. The summed E-state index contributed by atoms with van der Waals surface area (Å²) in [6.07, 6.45) is 3.12. The molecule has 3 nitrogen and oxygen atoms in total. The van der Waals surface area contributed by atoms with E-state index in [4.69, 9.17) is 17.0 Å². The van der Waals surface area contributed by atoms with E-state index in [-0.39, 0.29) is 0 Å². The van der Waals surface area contributed by atoms with Gasteiger partial charge in [0.15, 0.2) is 4.77 Å². The van der Waals surface area contributed by atoms with Gasteiger partial charge in [-0.3, -0.25) is 0 Å². The fraction of sp³-hybridized carbons (Fsp3) is 0.400. The van der Waals surface area contributed by atoms with Crippen LogP contribution in [0.1, 0.15) is 19.4 Å². The molecule has 0 saturated carbocycles. The highest BCUT2D eigenvalue weighted by molar-refractivity contribution is 7.71. The van der Waals surface area contributed by atoms with Crippen LogP contribution in [0.15, 0.2) is 36.5 Å². The van der Waals surface area contributed by atoms with Gasteiger partial charge in [0, 0.05) is 24.8 Å². The Morgan fingerprint density at radius 3 is 2.84 bits per heavy atom. The Hall–Kier alpha value is -1.39. The Labute approximate surface area is 118 Å². The van der Waals surface area contributed by atoms with Crippen molar-refractivity contribution in [3.8, 4) is 11.3 Å². The Bertz CT molecular complexity index is 596. The summed E-state index contributed by atoms with van der Waals surface area (Å²) in [4.78, 5) is 3.18. The van der Waals surface area contributed by atoms with E-state index in [0.717, 1.165) is 30.1 Å². The third-order valence-electron chi connectivity index (χ3n) is 3.93. The third kappa shape index (κ3) is 2.38. The number of aromatic amines is 1. The van der Waals surface area contributed by atoms with Crippen molar-refractivity contribution < 1.29 is 4.74 Å². The SMILES string of the molecule is CC(C1CCOC1)n1c(-c2ccccc2)c[nH]c1=S. The summed E-state index contributed by atoms with van der Waals surface area (Å²) in [7, 11) is 0. The molecule has 1 aromatic carbocycles.